The average molecular weight is 453 g/mol. The Morgan fingerprint density at radius 1 is 1.17 bits per heavy atom. The fourth-order valence-corrected chi connectivity index (χ4v) is 3.73. The van der Waals surface area contributed by atoms with Gasteiger partial charge in [0.15, 0.2) is 0 Å². The number of hydrogen-bond acceptors (Lipinski definition) is 2. The van der Waals surface area contributed by atoms with Gasteiger partial charge in [0.1, 0.15) is 5.75 Å². The van der Waals surface area contributed by atoms with E-state index in [2.05, 4.69) is 37.2 Å². The van der Waals surface area contributed by atoms with E-state index in [0.29, 0.717) is 0 Å². The maximum Gasteiger partial charge on any atom is 0.231 e. The Kier molecular flexibility index (Phi) is 5.02. The number of ether oxygens (including phenoxy) is 1. The number of nitrogens with one attached hydrogen (secondary N) is 1. The minimum Gasteiger partial charge on any atom is -0.496 e. The van der Waals surface area contributed by atoms with Gasteiger partial charge in [-0.15, -0.1) is 0 Å². The molecule has 3 nitrogen and oxygen atoms in total. The van der Waals surface area contributed by atoms with Crippen LogP contribution in [0, 0.1) is 0 Å². The van der Waals surface area contributed by atoms with Crippen molar-refractivity contribution in [2.24, 2.45) is 0 Å². The van der Waals surface area contributed by atoms with Crippen molar-refractivity contribution in [2.45, 2.75) is 31.2 Å². The molecule has 0 saturated heterocycles. The van der Waals surface area contributed by atoms with Crippen LogP contribution in [-0.2, 0) is 10.2 Å². The molecule has 1 saturated carbocycles. The molecule has 1 aliphatic rings. The number of amides is 1. The van der Waals surface area contributed by atoms with Gasteiger partial charge < -0.3 is 10.1 Å². The third kappa shape index (κ3) is 3.38. The summed E-state index contributed by atoms with van der Waals surface area (Å²) in [6, 6.07) is 13.9. The highest BCUT2D eigenvalue weighted by atomic mass is 79.9. The lowest BCUT2D eigenvalue weighted by Gasteiger charge is -2.21. The highest BCUT2D eigenvalue weighted by Gasteiger charge is 2.51. The molecule has 1 atom stereocenters. The van der Waals surface area contributed by atoms with E-state index in [1.165, 1.54) is 0 Å². The Labute approximate surface area is 159 Å². The summed E-state index contributed by atoms with van der Waals surface area (Å²) in [5.41, 5.74) is 1.77. The van der Waals surface area contributed by atoms with Crippen LogP contribution >= 0.6 is 31.9 Å². The Morgan fingerprint density at radius 3 is 2.38 bits per heavy atom. The smallest absolute Gasteiger partial charge is 0.231 e. The van der Waals surface area contributed by atoms with Crippen LogP contribution in [0.2, 0.25) is 0 Å². The summed E-state index contributed by atoms with van der Waals surface area (Å²) >= 11 is 6.94. The van der Waals surface area contributed by atoms with E-state index >= 15 is 0 Å². The second-order valence-corrected chi connectivity index (χ2v) is 7.95. The van der Waals surface area contributed by atoms with Gasteiger partial charge in [-0.25, -0.2) is 0 Å². The van der Waals surface area contributed by atoms with Crippen molar-refractivity contribution in [1.29, 1.82) is 0 Å². The monoisotopic (exact) mass is 451 g/mol. The molecular weight excluding hydrogens is 434 g/mol. The quantitative estimate of drug-likeness (QED) is 0.682. The van der Waals surface area contributed by atoms with E-state index in [9.17, 15) is 4.79 Å². The first kappa shape index (κ1) is 17.5. The zero-order valence-electron chi connectivity index (χ0n) is 13.6. The minimum absolute atomic E-state index is 0.0624. The van der Waals surface area contributed by atoms with Crippen molar-refractivity contribution in [1.82, 2.24) is 5.32 Å². The number of benzene rings is 2. The average Bonchev–Trinajstić information content (AvgIpc) is 3.37. The first-order valence-corrected chi connectivity index (χ1v) is 9.45. The van der Waals surface area contributed by atoms with E-state index in [0.717, 1.165) is 38.7 Å². The van der Waals surface area contributed by atoms with Crippen LogP contribution in [0.1, 0.15) is 36.9 Å². The van der Waals surface area contributed by atoms with Crippen LogP contribution in [0.15, 0.2) is 51.4 Å². The number of methoxy groups -OCH3 is 1. The van der Waals surface area contributed by atoms with Gasteiger partial charge in [-0.05, 0) is 71.1 Å². The van der Waals surface area contributed by atoms with Crippen LogP contribution < -0.4 is 10.1 Å². The first-order chi connectivity index (χ1) is 11.5. The number of halogens is 2. The molecule has 0 aromatic heterocycles. The molecule has 126 valence electrons. The number of carbonyl (C=O) groups excluding carboxylic acids is 1. The van der Waals surface area contributed by atoms with Gasteiger partial charge in [0.25, 0.3) is 0 Å². The molecule has 0 heterocycles. The predicted octanol–water partition coefficient (Wildman–Crippen LogP) is 5.13. The van der Waals surface area contributed by atoms with Crippen molar-refractivity contribution in [3.63, 3.8) is 0 Å². The van der Waals surface area contributed by atoms with Crippen molar-refractivity contribution >= 4 is 37.8 Å². The van der Waals surface area contributed by atoms with Gasteiger partial charge in [-0.3, -0.25) is 4.79 Å². The number of rotatable bonds is 5. The number of hydrogen-bond donors (Lipinski definition) is 1. The van der Waals surface area contributed by atoms with Gasteiger partial charge in [0.05, 0.1) is 23.0 Å². The normalized spacial score (nSPS) is 16.3. The molecule has 0 spiro atoms. The maximum atomic E-state index is 12.8. The Balaban J connectivity index is 1.74. The summed E-state index contributed by atoms with van der Waals surface area (Å²) in [6.45, 7) is 2.00. The van der Waals surface area contributed by atoms with Crippen LogP contribution in [0.25, 0.3) is 0 Å². The second-order valence-electron chi connectivity index (χ2n) is 6.18. The van der Waals surface area contributed by atoms with E-state index in [4.69, 9.17) is 4.74 Å². The molecule has 1 unspecified atom stereocenters. The minimum atomic E-state index is -0.362. The zero-order valence-corrected chi connectivity index (χ0v) is 16.8. The van der Waals surface area contributed by atoms with Gasteiger partial charge in [0, 0.05) is 4.47 Å². The Morgan fingerprint density at radius 2 is 1.83 bits per heavy atom. The van der Waals surface area contributed by atoms with E-state index in [-0.39, 0.29) is 17.4 Å². The molecule has 0 aliphatic heterocycles. The molecule has 2 aromatic carbocycles. The van der Waals surface area contributed by atoms with Crippen molar-refractivity contribution in [3.05, 3.63) is 62.5 Å². The molecule has 2 aromatic rings. The first-order valence-electron chi connectivity index (χ1n) is 7.87. The second kappa shape index (κ2) is 6.89. The number of carbonyl (C=O) groups is 1. The molecule has 1 amide bonds. The largest absolute Gasteiger partial charge is 0.496 e. The van der Waals surface area contributed by atoms with Gasteiger partial charge in [0.2, 0.25) is 5.91 Å². The molecule has 1 aliphatic carbocycles. The lowest BCUT2D eigenvalue weighted by atomic mass is 9.94. The van der Waals surface area contributed by atoms with Gasteiger partial charge >= 0.3 is 0 Å². The molecule has 3 rings (SSSR count). The van der Waals surface area contributed by atoms with Crippen LogP contribution in [-0.4, -0.2) is 13.0 Å². The maximum absolute atomic E-state index is 12.8. The topological polar surface area (TPSA) is 38.3 Å². The van der Waals surface area contributed by atoms with E-state index < -0.39 is 0 Å². The summed E-state index contributed by atoms with van der Waals surface area (Å²) in [6.07, 6.45) is 1.80. The third-order valence-electron chi connectivity index (χ3n) is 4.60. The SMILES string of the molecule is COc1ccc(C(C)NC(=O)C2(c3ccc(Br)cc3)CC2)cc1Br. The standard InChI is InChI=1S/C19H19Br2NO2/c1-12(13-3-8-17(24-2)16(21)11-13)22-18(23)19(9-10-19)14-4-6-15(20)7-5-14/h3-8,11-12H,9-10H2,1-2H3,(H,22,23). The van der Waals surface area contributed by atoms with Crippen LogP contribution in [0.3, 0.4) is 0 Å². The van der Waals surface area contributed by atoms with E-state index in [1.54, 1.807) is 7.11 Å². The Hall–Kier alpha value is -1.33. The highest BCUT2D eigenvalue weighted by Crippen LogP contribution is 2.49. The molecule has 5 heteroatoms. The van der Waals surface area contributed by atoms with E-state index in [1.807, 2.05) is 49.4 Å². The fraction of sp³-hybridized carbons (Fsp3) is 0.316. The lowest BCUT2D eigenvalue weighted by Crippen LogP contribution is -2.36. The predicted molar refractivity (Wildman–Crippen MR) is 102 cm³/mol. The summed E-state index contributed by atoms with van der Waals surface area (Å²) in [4.78, 5) is 12.8. The zero-order chi connectivity index (χ0) is 17.3. The highest BCUT2D eigenvalue weighted by molar-refractivity contribution is 9.10. The lowest BCUT2D eigenvalue weighted by molar-refractivity contribution is -0.124. The van der Waals surface area contributed by atoms with Crippen LogP contribution in [0.5, 0.6) is 5.75 Å². The summed E-state index contributed by atoms with van der Waals surface area (Å²) in [5, 5.41) is 3.16. The van der Waals surface area contributed by atoms with Gasteiger partial charge in [-0.1, -0.05) is 34.1 Å². The fourth-order valence-electron chi connectivity index (χ4n) is 2.91. The van der Waals surface area contributed by atoms with Gasteiger partial charge in [-0.2, -0.15) is 0 Å². The molecule has 24 heavy (non-hydrogen) atoms. The summed E-state index contributed by atoms with van der Waals surface area (Å²) < 4.78 is 7.17. The molecule has 0 radical (unpaired) electrons. The third-order valence-corrected chi connectivity index (χ3v) is 5.75. The van der Waals surface area contributed by atoms with Crippen molar-refractivity contribution in [3.8, 4) is 5.75 Å². The summed E-state index contributed by atoms with van der Waals surface area (Å²) in [7, 11) is 1.64. The summed E-state index contributed by atoms with van der Waals surface area (Å²) in [5.74, 6) is 0.884. The molecule has 1 fully saturated rings. The Bertz CT molecular complexity index is 754. The van der Waals surface area contributed by atoms with Crippen molar-refractivity contribution < 1.29 is 9.53 Å². The molecular formula is C19H19Br2NO2. The molecule has 0 bridgehead atoms. The van der Waals surface area contributed by atoms with Crippen LogP contribution in [0.4, 0.5) is 0 Å². The molecule has 1 N–H and O–H groups in total. The van der Waals surface area contributed by atoms with Crippen molar-refractivity contribution in [2.75, 3.05) is 7.11 Å².